The molecule has 8 heteroatoms. The van der Waals surface area contributed by atoms with Gasteiger partial charge in [0.25, 0.3) is 5.91 Å². The van der Waals surface area contributed by atoms with E-state index in [9.17, 15) is 9.59 Å². The number of hydrogen-bond acceptors (Lipinski definition) is 7. The summed E-state index contributed by atoms with van der Waals surface area (Å²) in [6, 6.07) is 11.9. The number of hydrogen-bond donors (Lipinski definition) is 0. The normalized spacial score (nSPS) is 15.6. The molecule has 4 aromatic rings. The van der Waals surface area contributed by atoms with Crippen LogP contribution in [-0.2, 0) is 0 Å². The molecule has 150 valence electrons. The van der Waals surface area contributed by atoms with Crippen molar-refractivity contribution in [2.75, 3.05) is 12.0 Å². The molecule has 3 heterocycles. The summed E-state index contributed by atoms with van der Waals surface area (Å²) < 4.78 is 11.5. The number of nitrogens with zero attached hydrogens (tertiary/aromatic N) is 3. The average molecular weight is 419 g/mol. The molecule has 5 rings (SSSR count). The Morgan fingerprint density at radius 1 is 1.10 bits per heavy atom. The molecule has 0 fully saturated rings. The van der Waals surface area contributed by atoms with Crippen LogP contribution in [0.15, 0.2) is 51.7 Å². The van der Waals surface area contributed by atoms with Crippen LogP contribution >= 0.6 is 11.3 Å². The Kier molecular flexibility index (Phi) is 4.18. The van der Waals surface area contributed by atoms with Gasteiger partial charge in [0, 0.05) is 5.56 Å². The molecule has 0 saturated heterocycles. The number of aryl methyl sites for hydroxylation is 2. The summed E-state index contributed by atoms with van der Waals surface area (Å²) in [5.74, 6) is 0.176. The maximum atomic E-state index is 13.6. The van der Waals surface area contributed by atoms with Crippen molar-refractivity contribution in [1.29, 1.82) is 0 Å². The molecule has 1 aliphatic heterocycles. The predicted octanol–water partition coefficient (Wildman–Crippen LogP) is 4.02. The first kappa shape index (κ1) is 18.5. The molecule has 0 N–H and O–H groups in total. The van der Waals surface area contributed by atoms with Crippen molar-refractivity contribution in [3.8, 4) is 5.75 Å². The van der Waals surface area contributed by atoms with Gasteiger partial charge in [-0.15, -0.1) is 10.2 Å². The molecule has 2 aromatic heterocycles. The van der Waals surface area contributed by atoms with E-state index in [1.165, 1.54) is 16.2 Å². The van der Waals surface area contributed by atoms with Crippen LogP contribution < -0.4 is 15.1 Å². The van der Waals surface area contributed by atoms with Crippen LogP contribution in [0, 0.1) is 13.8 Å². The molecule has 0 bridgehead atoms. The summed E-state index contributed by atoms with van der Waals surface area (Å²) in [6.07, 6.45) is 0. The fourth-order valence-electron chi connectivity index (χ4n) is 3.85. The number of rotatable bonds is 3. The number of carbonyl (C=O) groups is 1. The smallest absolute Gasteiger partial charge is 0.297 e. The Labute approximate surface area is 175 Å². The monoisotopic (exact) mass is 419 g/mol. The van der Waals surface area contributed by atoms with E-state index >= 15 is 0 Å². The topological polar surface area (TPSA) is 85.5 Å². The van der Waals surface area contributed by atoms with Crippen molar-refractivity contribution in [1.82, 2.24) is 10.2 Å². The lowest BCUT2D eigenvalue weighted by Gasteiger charge is -2.23. The Morgan fingerprint density at radius 3 is 2.63 bits per heavy atom. The second-order valence-corrected chi connectivity index (χ2v) is 8.26. The van der Waals surface area contributed by atoms with Crippen LogP contribution in [0.2, 0.25) is 0 Å². The number of ether oxygens (including phenoxy) is 1. The molecule has 30 heavy (non-hydrogen) atoms. The van der Waals surface area contributed by atoms with Gasteiger partial charge in [0.05, 0.1) is 18.1 Å². The molecular weight excluding hydrogens is 402 g/mol. The van der Waals surface area contributed by atoms with Crippen LogP contribution in [0.1, 0.15) is 38.3 Å². The number of anilines is 1. The van der Waals surface area contributed by atoms with Gasteiger partial charge in [0.15, 0.2) is 5.43 Å². The minimum Gasteiger partial charge on any atom is -0.496 e. The molecule has 1 aliphatic rings. The summed E-state index contributed by atoms with van der Waals surface area (Å²) in [6.45, 7) is 3.72. The third-order valence-corrected chi connectivity index (χ3v) is 6.02. The lowest BCUT2D eigenvalue weighted by Crippen LogP contribution is -2.29. The number of fused-ring (bicyclic) bond motifs is 2. The molecule has 0 spiro atoms. The molecule has 1 amide bonds. The Morgan fingerprint density at radius 2 is 1.90 bits per heavy atom. The van der Waals surface area contributed by atoms with Crippen molar-refractivity contribution < 1.29 is 13.9 Å². The number of amides is 1. The fourth-order valence-corrected chi connectivity index (χ4v) is 4.57. The van der Waals surface area contributed by atoms with Gasteiger partial charge in [-0.25, -0.2) is 0 Å². The molecule has 0 saturated carbocycles. The average Bonchev–Trinajstić information content (AvgIpc) is 3.29. The first-order valence-corrected chi connectivity index (χ1v) is 10.1. The Bertz CT molecular complexity index is 1370. The largest absolute Gasteiger partial charge is 0.496 e. The number of methoxy groups -OCH3 is 1. The van der Waals surface area contributed by atoms with E-state index in [2.05, 4.69) is 10.2 Å². The van der Waals surface area contributed by atoms with Gasteiger partial charge < -0.3 is 9.15 Å². The first-order valence-electron chi connectivity index (χ1n) is 9.33. The summed E-state index contributed by atoms with van der Waals surface area (Å²) in [7, 11) is 1.56. The van der Waals surface area contributed by atoms with E-state index in [-0.39, 0.29) is 16.8 Å². The summed E-state index contributed by atoms with van der Waals surface area (Å²) in [4.78, 5) is 28.5. The summed E-state index contributed by atoms with van der Waals surface area (Å²) in [5, 5.41) is 9.78. The van der Waals surface area contributed by atoms with Gasteiger partial charge in [-0.05, 0) is 32.0 Å². The number of para-hydroxylation sites is 1. The first-order chi connectivity index (χ1) is 14.5. The standard InChI is InChI=1S/C22H17N3O4S/c1-11-8-9-16-14(10-11)19(26)17-18(13-6-4-5-7-15(13)28-3)25(21(27)20(17)29-16)22-24-23-12(2)30-22/h4-10,18H,1-3H3/t18-/m1/s1. The molecule has 0 aliphatic carbocycles. The van der Waals surface area contributed by atoms with Crippen LogP contribution in [0.4, 0.5) is 5.13 Å². The SMILES string of the molecule is COc1ccccc1[C@@H]1c2c(oc3ccc(C)cc3c2=O)C(=O)N1c1nnc(C)s1. The van der Waals surface area contributed by atoms with Crippen LogP contribution in [0.5, 0.6) is 5.75 Å². The quantitative estimate of drug-likeness (QED) is 0.499. The minimum absolute atomic E-state index is 0.0279. The maximum Gasteiger partial charge on any atom is 0.297 e. The van der Waals surface area contributed by atoms with E-state index in [1.807, 2.05) is 38.1 Å². The van der Waals surface area contributed by atoms with Crippen molar-refractivity contribution in [3.63, 3.8) is 0 Å². The van der Waals surface area contributed by atoms with Crippen molar-refractivity contribution in [3.05, 3.63) is 80.1 Å². The van der Waals surface area contributed by atoms with E-state index in [4.69, 9.17) is 9.15 Å². The lowest BCUT2D eigenvalue weighted by atomic mass is 9.97. The van der Waals surface area contributed by atoms with Gasteiger partial charge in [-0.2, -0.15) is 0 Å². The van der Waals surface area contributed by atoms with E-state index < -0.39 is 11.9 Å². The summed E-state index contributed by atoms with van der Waals surface area (Å²) in [5.41, 5.74) is 2.05. The maximum absolute atomic E-state index is 13.6. The third-order valence-electron chi connectivity index (χ3n) is 5.18. The van der Waals surface area contributed by atoms with Crippen molar-refractivity contribution in [2.45, 2.75) is 19.9 Å². The zero-order chi connectivity index (χ0) is 21.0. The highest BCUT2D eigenvalue weighted by molar-refractivity contribution is 7.15. The Hall–Kier alpha value is -3.52. The minimum atomic E-state index is -0.725. The van der Waals surface area contributed by atoms with Gasteiger partial charge in [-0.3, -0.25) is 14.5 Å². The molecule has 2 aromatic carbocycles. The highest BCUT2D eigenvalue weighted by Crippen LogP contribution is 2.44. The molecule has 0 radical (unpaired) electrons. The second-order valence-electron chi connectivity index (χ2n) is 7.10. The molecule has 7 nitrogen and oxygen atoms in total. The number of carbonyl (C=O) groups excluding carboxylic acids is 1. The molecular formula is C22H17N3O4S. The van der Waals surface area contributed by atoms with Crippen LogP contribution in [0.25, 0.3) is 11.0 Å². The third kappa shape index (κ3) is 2.64. The zero-order valence-corrected chi connectivity index (χ0v) is 17.3. The van der Waals surface area contributed by atoms with Gasteiger partial charge in [0.2, 0.25) is 10.9 Å². The van der Waals surface area contributed by atoms with Crippen molar-refractivity contribution >= 4 is 33.3 Å². The fraction of sp³-hybridized carbons (Fsp3) is 0.182. The van der Waals surface area contributed by atoms with Crippen LogP contribution in [-0.4, -0.2) is 23.2 Å². The van der Waals surface area contributed by atoms with E-state index in [1.54, 1.807) is 25.3 Å². The van der Waals surface area contributed by atoms with Gasteiger partial charge in [-0.1, -0.05) is 41.2 Å². The number of benzene rings is 2. The number of aromatic nitrogens is 2. The van der Waals surface area contributed by atoms with Crippen molar-refractivity contribution in [2.24, 2.45) is 0 Å². The highest BCUT2D eigenvalue weighted by Gasteiger charge is 2.46. The van der Waals surface area contributed by atoms with E-state index in [0.717, 1.165) is 5.56 Å². The van der Waals surface area contributed by atoms with E-state index in [0.29, 0.717) is 32.4 Å². The summed E-state index contributed by atoms with van der Waals surface area (Å²) >= 11 is 1.28. The van der Waals surface area contributed by atoms with Crippen LogP contribution in [0.3, 0.4) is 0 Å². The zero-order valence-electron chi connectivity index (χ0n) is 16.5. The molecule has 1 atom stereocenters. The lowest BCUT2D eigenvalue weighted by molar-refractivity contribution is 0.0970. The van der Waals surface area contributed by atoms with Gasteiger partial charge in [0.1, 0.15) is 22.4 Å². The molecule has 0 unspecified atom stereocenters. The highest BCUT2D eigenvalue weighted by atomic mass is 32.1. The second kappa shape index (κ2) is 6.77. The Balaban J connectivity index is 1.86. The van der Waals surface area contributed by atoms with Gasteiger partial charge >= 0.3 is 0 Å². The predicted molar refractivity (Wildman–Crippen MR) is 114 cm³/mol.